The Morgan fingerprint density at radius 2 is 2.06 bits per heavy atom. The molecule has 0 unspecified atom stereocenters. The number of aromatic nitrogens is 1. The van der Waals surface area contributed by atoms with Crippen molar-refractivity contribution in [3.05, 3.63) is 46.2 Å². The Bertz CT molecular complexity index is 519. The van der Waals surface area contributed by atoms with Gasteiger partial charge in [-0.1, -0.05) is 11.6 Å². The van der Waals surface area contributed by atoms with Crippen LogP contribution in [0.2, 0.25) is 5.02 Å². The Balaban J connectivity index is 2.34. The summed E-state index contributed by atoms with van der Waals surface area (Å²) < 4.78 is 6.38. The number of rotatable bonds is 2. The van der Waals surface area contributed by atoms with Crippen LogP contribution in [-0.2, 0) is 0 Å². The molecule has 0 fully saturated rings. The van der Waals surface area contributed by atoms with E-state index in [1.54, 1.807) is 36.7 Å². The van der Waals surface area contributed by atoms with Gasteiger partial charge in [0.2, 0.25) is 0 Å². The minimum absolute atomic E-state index is 0.527. The molecule has 3 nitrogen and oxygen atoms in total. The van der Waals surface area contributed by atoms with Gasteiger partial charge in [-0.3, -0.25) is 4.98 Å². The lowest BCUT2D eigenvalue weighted by molar-refractivity contribution is 0.481. The third kappa shape index (κ3) is 2.46. The van der Waals surface area contributed by atoms with Crippen molar-refractivity contribution in [2.45, 2.75) is 0 Å². The molecule has 0 bridgehead atoms. The summed E-state index contributed by atoms with van der Waals surface area (Å²) in [5, 5.41) is 0.578. The minimum Gasteiger partial charge on any atom is -0.454 e. The van der Waals surface area contributed by atoms with Crippen LogP contribution < -0.4 is 10.5 Å². The van der Waals surface area contributed by atoms with Crippen molar-refractivity contribution in [2.24, 2.45) is 0 Å². The number of nitrogen functional groups attached to an aromatic ring is 1. The summed E-state index contributed by atoms with van der Waals surface area (Å²) in [5.74, 6) is 1.17. The number of halogens is 2. The Morgan fingerprint density at radius 3 is 2.81 bits per heavy atom. The fourth-order valence-electron chi connectivity index (χ4n) is 1.16. The first-order chi connectivity index (χ1) is 7.66. The standard InChI is InChI=1S/C11H8BrClN2O/c12-8-6-15-4-3-10(8)16-11-5-7(13)1-2-9(11)14/h1-6H,14H2. The van der Waals surface area contributed by atoms with E-state index in [1.165, 1.54) is 0 Å². The molecule has 0 radical (unpaired) electrons. The maximum absolute atomic E-state index is 5.86. The minimum atomic E-state index is 0.527. The second-order valence-electron chi connectivity index (χ2n) is 3.09. The normalized spacial score (nSPS) is 10.1. The topological polar surface area (TPSA) is 48.1 Å². The lowest BCUT2D eigenvalue weighted by atomic mass is 10.3. The fourth-order valence-corrected chi connectivity index (χ4v) is 1.65. The summed E-state index contributed by atoms with van der Waals surface area (Å²) >= 11 is 9.20. The number of hydrogen-bond donors (Lipinski definition) is 1. The average Bonchev–Trinajstić information content (AvgIpc) is 2.27. The molecule has 82 valence electrons. The lowest BCUT2D eigenvalue weighted by Gasteiger charge is -2.09. The van der Waals surface area contributed by atoms with Gasteiger partial charge < -0.3 is 10.5 Å². The van der Waals surface area contributed by atoms with Gasteiger partial charge in [0.25, 0.3) is 0 Å². The van der Waals surface area contributed by atoms with Crippen molar-refractivity contribution in [1.29, 1.82) is 0 Å². The van der Waals surface area contributed by atoms with Gasteiger partial charge in [-0.25, -0.2) is 0 Å². The van der Waals surface area contributed by atoms with Gasteiger partial charge >= 0.3 is 0 Å². The Hall–Kier alpha value is -1.26. The van der Waals surface area contributed by atoms with Crippen LogP contribution in [0.15, 0.2) is 41.1 Å². The zero-order chi connectivity index (χ0) is 11.5. The lowest BCUT2D eigenvalue weighted by Crippen LogP contribution is -1.92. The number of nitrogens with zero attached hydrogens (tertiary/aromatic N) is 1. The molecule has 0 spiro atoms. The molecule has 0 aliphatic carbocycles. The van der Waals surface area contributed by atoms with Crippen LogP contribution >= 0.6 is 27.5 Å². The average molecular weight is 300 g/mol. The summed E-state index contributed by atoms with van der Waals surface area (Å²) in [6.07, 6.45) is 3.29. The summed E-state index contributed by atoms with van der Waals surface area (Å²) in [4.78, 5) is 3.94. The molecular formula is C11H8BrClN2O. The zero-order valence-corrected chi connectivity index (χ0v) is 10.5. The monoisotopic (exact) mass is 298 g/mol. The number of hydrogen-bond acceptors (Lipinski definition) is 3. The van der Waals surface area contributed by atoms with Crippen LogP contribution in [0.25, 0.3) is 0 Å². The van der Waals surface area contributed by atoms with Gasteiger partial charge in [0.05, 0.1) is 10.2 Å². The zero-order valence-electron chi connectivity index (χ0n) is 8.15. The Kier molecular flexibility index (Phi) is 3.31. The van der Waals surface area contributed by atoms with Crippen molar-refractivity contribution in [3.63, 3.8) is 0 Å². The van der Waals surface area contributed by atoms with Crippen LogP contribution in [0.5, 0.6) is 11.5 Å². The molecule has 5 heteroatoms. The highest BCUT2D eigenvalue weighted by atomic mass is 79.9. The second kappa shape index (κ2) is 4.72. The van der Waals surface area contributed by atoms with Gasteiger partial charge in [0.1, 0.15) is 5.75 Å². The van der Waals surface area contributed by atoms with Crippen molar-refractivity contribution >= 4 is 33.2 Å². The molecule has 2 aromatic rings. The van der Waals surface area contributed by atoms with Crippen molar-refractivity contribution in [2.75, 3.05) is 5.73 Å². The van der Waals surface area contributed by atoms with E-state index in [2.05, 4.69) is 20.9 Å². The Morgan fingerprint density at radius 1 is 1.25 bits per heavy atom. The van der Waals surface area contributed by atoms with E-state index in [0.29, 0.717) is 22.2 Å². The van der Waals surface area contributed by atoms with Gasteiger partial charge in [-0.05, 0) is 28.1 Å². The molecule has 2 N–H and O–H groups in total. The summed E-state index contributed by atoms with van der Waals surface area (Å²) in [6, 6.07) is 6.83. The van der Waals surface area contributed by atoms with Crippen LogP contribution in [0.3, 0.4) is 0 Å². The van der Waals surface area contributed by atoms with Crippen LogP contribution in [0.1, 0.15) is 0 Å². The van der Waals surface area contributed by atoms with Gasteiger partial charge in [0, 0.05) is 29.5 Å². The summed E-state index contributed by atoms with van der Waals surface area (Å²) in [5.41, 5.74) is 6.31. The molecule has 0 saturated carbocycles. The highest BCUT2D eigenvalue weighted by Crippen LogP contribution is 2.33. The van der Waals surface area contributed by atoms with Crippen LogP contribution in [0, 0.1) is 0 Å². The Labute approximate surface area is 106 Å². The molecule has 1 heterocycles. The quantitative estimate of drug-likeness (QED) is 0.856. The predicted octanol–water partition coefficient (Wildman–Crippen LogP) is 3.87. The van der Waals surface area contributed by atoms with Crippen molar-refractivity contribution in [3.8, 4) is 11.5 Å². The molecule has 1 aromatic heterocycles. The molecule has 0 saturated heterocycles. The van der Waals surface area contributed by atoms with Gasteiger partial charge in [-0.15, -0.1) is 0 Å². The molecule has 2 rings (SSSR count). The van der Waals surface area contributed by atoms with E-state index in [9.17, 15) is 0 Å². The summed E-state index contributed by atoms with van der Waals surface area (Å²) in [6.45, 7) is 0. The SMILES string of the molecule is Nc1ccc(Cl)cc1Oc1ccncc1Br. The van der Waals surface area contributed by atoms with E-state index in [-0.39, 0.29) is 0 Å². The largest absolute Gasteiger partial charge is 0.454 e. The van der Waals surface area contributed by atoms with E-state index in [4.69, 9.17) is 22.1 Å². The molecule has 0 amide bonds. The van der Waals surface area contributed by atoms with E-state index in [0.717, 1.165) is 4.47 Å². The molecule has 0 aliphatic rings. The van der Waals surface area contributed by atoms with E-state index >= 15 is 0 Å². The van der Waals surface area contributed by atoms with E-state index < -0.39 is 0 Å². The third-order valence-corrected chi connectivity index (χ3v) is 2.76. The number of nitrogens with two attached hydrogens (primary N) is 1. The molecule has 0 aliphatic heterocycles. The highest BCUT2D eigenvalue weighted by molar-refractivity contribution is 9.10. The predicted molar refractivity (Wildman–Crippen MR) is 67.9 cm³/mol. The number of pyridine rings is 1. The maximum atomic E-state index is 5.86. The molecular weight excluding hydrogens is 291 g/mol. The number of benzene rings is 1. The molecule has 16 heavy (non-hydrogen) atoms. The van der Waals surface area contributed by atoms with Crippen molar-refractivity contribution in [1.82, 2.24) is 4.98 Å². The molecule has 1 aromatic carbocycles. The maximum Gasteiger partial charge on any atom is 0.151 e. The first-order valence-electron chi connectivity index (χ1n) is 4.49. The van der Waals surface area contributed by atoms with Gasteiger partial charge in [0.15, 0.2) is 5.75 Å². The second-order valence-corrected chi connectivity index (χ2v) is 4.38. The van der Waals surface area contributed by atoms with Crippen LogP contribution in [-0.4, -0.2) is 4.98 Å². The smallest absolute Gasteiger partial charge is 0.151 e. The summed E-state index contributed by atoms with van der Waals surface area (Å²) in [7, 11) is 0. The third-order valence-electron chi connectivity index (χ3n) is 1.93. The van der Waals surface area contributed by atoms with E-state index in [1.807, 2.05) is 0 Å². The van der Waals surface area contributed by atoms with Gasteiger partial charge in [-0.2, -0.15) is 0 Å². The highest BCUT2D eigenvalue weighted by Gasteiger charge is 2.05. The molecule has 0 atom stereocenters. The van der Waals surface area contributed by atoms with Crippen LogP contribution in [0.4, 0.5) is 5.69 Å². The van der Waals surface area contributed by atoms with Crippen molar-refractivity contribution < 1.29 is 4.74 Å². The first kappa shape index (κ1) is 11.2. The fraction of sp³-hybridized carbons (Fsp3) is 0. The number of ether oxygens (including phenoxy) is 1. The number of anilines is 1. The first-order valence-corrected chi connectivity index (χ1v) is 5.66.